The van der Waals surface area contributed by atoms with Crippen LogP contribution in [0, 0.1) is 5.82 Å². The number of rotatable bonds is 6. The van der Waals surface area contributed by atoms with Gasteiger partial charge in [0.1, 0.15) is 17.3 Å². The average Bonchev–Trinajstić information content (AvgIpc) is 3.43. The number of likely N-dealkylation sites (N-methyl/N-ethyl adjacent to an activating group) is 1. The number of fused-ring (bicyclic) bond motifs is 3. The summed E-state index contributed by atoms with van der Waals surface area (Å²) in [5.41, 5.74) is 4.51. The minimum Gasteiger partial charge on any atom is -0.392 e. The van der Waals surface area contributed by atoms with Gasteiger partial charge in [-0.1, -0.05) is 0 Å². The molecule has 1 fully saturated rings. The SMILES string of the molecule is CN1CCN(c2ccc(Nc3nc(-c4cc(F)cc(N5CCn6c(cc7c6CCCC7)C5=O)c4CO)cn(C)c3=O)cn2)CC1. The van der Waals surface area contributed by atoms with Crippen molar-refractivity contribution in [1.82, 2.24) is 24.0 Å². The van der Waals surface area contributed by atoms with Gasteiger partial charge in [0.15, 0.2) is 5.82 Å². The van der Waals surface area contributed by atoms with Gasteiger partial charge in [0.2, 0.25) is 0 Å². The van der Waals surface area contributed by atoms with Gasteiger partial charge in [-0.3, -0.25) is 9.59 Å². The summed E-state index contributed by atoms with van der Waals surface area (Å²) in [6.07, 6.45) is 7.31. The van der Waals surface area contributed by atoms with Crippen LogP contribution in [0.4, 0.5) is 27.4 Å². The highest BCUT2D eigenvalue weighted by Crippen LogP contribution is 2.36. The second kappa shape index (κ2) is 11.8. The van der Waals surface area contributed by atoms with Gasteiger partial charge in [-0.05, 0) is 68.6 Å². The number of aryl methyl sites for hydroxylation is 2. The van der Waals surface area contributed by atoms with E-state index in [9.17, 15) is 14.7 Å². The van der Waals surface area contributed by atoms with Crippen LogP contribution in [0.2, 0.25) is 0 Å². The van der Waals surface area contributed by atoms with Gasteiger partial charge in [0.25, 0.3) is 11.5 Å². The van der Waals surface area contributed by atoms with Crippen LogP contribution in [0.25, 0.3) is 11.3 Å². The van der Waals surface area contributed by atoms with E-state index in [1.54, 1.807) is 18.1 Å². The number of pyridine rings is 1. The molecule has 5 heterocycles. The van der Waals surface area contributed by atoms with Crippen LogP contribution < -0.4 is 20.7 Å². The molecule has 1 amide bonds. The first-order valence-corrected chi connectivity index (χ1v) is 15.5. The van der Waals surface area contributed by atoms with E-state index >= 15 is 4.39 Å². The summed E-state index contributed by atoms with van der Waals surface area (Å²) in [7, 11) is 3.70. The van der Waals surface area contributed by atoms with E-state index in [-0.39, 0.29) is 23.0 Å². The van der Waals surface area contributed by atoms with Gasteiger partial charge >= 0.3 is 0 Å². The van der Waals surface area contributed by atoms with Crippen molar-refractivity contribution in [3.63, 3.8) is 0 Å². The number of aromatic nitrogens is 4. The lowest BCUT2D eigenvalue weighted by molar-refractivity contribution is 0.0964. The molecule has 45 heavy (non-hydrogen) atoms. The predicted octanol–water partition coefficient (Wildman–Crippen LogP) is 3.31. The summed E-state index contributed by atoms with van der Waals surface area (Å²) >= 11 is 0. The maximum Gasteiger partial charge on any atom is 0.293 e. The number of amides is 1. The average molecular weight is 613 g/mol. The Hall–Kier alpha value is -4.55. The molecule has 2 aliphatic heterocycles. The summed E-state index contributed by atoms with van der Waals surface area (Å²) in [6, 6.07) is 8.31. The maximum atomic E-state index is 15.3. The zero-order valence-electron chi connectivity index (χ0n) is 25.6. The Morgan fingerprint density at radius 2 is 1.78 bits per heavy atom. The number of carbonyl (C=O) groups is 1. The Bertz CT molecular complexity index is 1830. The van der Waals surface area contributed by atoms with Crippen LogP contribution in [0.15, 0.2) is 47.5 Å². The van der Waals surface area contributed by atoms with E-state index in [0.29, 0.717) is 41.3 Å². The van der Waals surface area contributed by atoms with Gasteiger partial charge in [-0.25, -0.2) is 14.4 Å². The summed E-state index contributed by atoms with van der Waals surface area (Å²) in [6.45, 7) is 4.22. The fourth-order valence-electron chi connectivity index (χ4n) is 6.76. The van der Waals surface area contributed by atoms with Crippen molar-refractivity contribution < 1.29 is 14.3 Å². The maximum absolute atomic E-state index is 15.3. The fourth-order valence-corrected chi connectivity index (χ4v) is 6.76. The fraction of sp³-hybridized carbons (Fsp3) is 0.394. The van der Waals surface area contributed by atoms with Gasteiger partial charge in [0, 0.05) is 69.3 Å². The van der Waals surface area contributed by atoms with E-state index < -0.39 is 12.4 Å². The van der Waals surface area contributed by atoms with E-state index in [1.807, 2.05) is 18.2 Å². The normalized spacial score (nSPS) is 16.9. The lowest BCUT2D eigenvalue weighted by atomic mass is 9.98. The summed E-state index contributed by atoms with van der Waals surface area (Å²) in [5, 5.41) is 13.7. The predicted molar refractivity (Wildman–Crippen MR) is 171 cm³/mol. The number of benzene rings is 1. The van der Waals surface area contributed by atoms with E-state index in [0.717, 1.165) is 57.7 Å². The molecule has 234 valence electrons. The zero-order valence-corrected chi connectivity index (χ0v) is 25.6. The van der Waals surface area contributed by atoms with Crippen LogP contribution in [-0.2, 0) is 33.0 Å². The van der Waals surface area contributed by atoms with Crippen molar-refractivity contribution >= 4 is 28.9 Å². The number of nitrogens with zero attached hydrogens (tertiary/aromatic N) is 7. The molecule has 1 saturated heterocycles. The number of piperazine rings is 1. The summed E-state index contributed by atoms with van der Waals surface area (Å²) < 4.78 is 18.8. The summed E-state index contributed by atoms with van der Waals surface area (Å²) in [4.78, 5) is 42.1. The molecule has 0 bridgehead atoms. The van der Waals surface area contributed by atoms with Crippen molar-refractivity contribution in [3.8, 4) is 11.3 Å². The highest BCUT2D eigenvalue weighted by Gasteiger charge is 2.32. The van der Waals surface area contributed by atoms with Gasteiger partial charge in [0.05, 0.1) is 29.9 Å². The molecule has 4 aromatic rings. The number of hydrogen-bond donors (Lipinski definition) is 2. The van der Waals surface area contributed by atoms with Crippen LogP contribution in [0.5, 0.6) is 0 Å². The van der Waals surface area contributed by atoms with Crippen LogP contribution in [0.1, 0.15) is 40.2 Å². The molecule has 0 spiro atoms. The molecule has 0 radical (unpaired) electrons. The van der Waals surface area contributed by atoms with E-state index in [2.05, 4.69) is 36.7 Å². The lowest BCUT2D eigenvalue weighted by Gasteiger charge is -2.33. The third-order valence-electron chi connectivity index (χ3n) is 9.24. The highest BCUT2D eigenvalue weighted by atomic mass is 19.1. The molecule has 1 aromatic carbocycles. The monoisotopic (exact) mass is 612 g/mol. The number of hydrogen-bond acceptors (Lipinski definition) is 8. The van der Waals surface area contributed by atoms with Crippen LogP contribution >= 0.6 is 0 Å². The standard InChI is InChI=1S/C33H37FN8O3/c1-38-9-11-40(12-10-38)30-8-7-23(18-35-30)36-31-33(45)39(2)19-26(37-31)24-16-22(34)17-28(25(24)20-43)42-14-13-41-27-6-4-3-5-21(27)15-29(41)32(42)44/h7-8,15-19,43H,3-6,9-14,20H2,1-2H3,(H,36,37). The Labute approximate surface area is 260 Å². The molecule has 1 aliphatic carbocycles. The second-order valence-corrected chi connectivity index (χ2v) is 12.1. The van der Waals surface area contributed by atoms with Gasteiger partial charge in [-0.2, -0.15) is 0 Å². The van der Waals surface area contributed by atoms with Crippen molar-refractivity contribution in [3.05, 3.63) is 81.4 Å². The van der Waals surface area contributed by atoms with Crippen molar-refractivity contribution in [1.29, 1.82) is 0 Å². The third kappa shape index (κ3) is 5.38. The number of halogens is 1. The molecule has 2 N–H and O–H groups in total. The second-order valence-electron chi connectivity index (χ2n) is 12.1. The third-order valence-corrected chi connectivity index (χ3v) is 9.24. The zero-order chi connectivity index (χ0) is 31.2. The lowest BCUT2D eigenvalue weighted by Crippen LogP contribution is -2.44. The molecule has 3 aromatic heterocycles. The minimum atomic E-state index is -0.570. The molecule has 11 nitrogen and oxygen atoms in total. The number of aliphatic hydroxyl groups excluding tert-OH is 1. The van der Waals surface area contributed by atoms with Gasteiger partial charge < -0.3 is 34.3 Å². The Balaban J connectivity index is 1.20. The van der Waals surface area contributed by atoms with E-state index in [4.69, 9.17) is 0 Å². The van der Waals surface area contributed by atoms with Crippen LogP contribution in [0.3, 0.4) is 0 Å². The van der Waals surface area contributed by atoms with Gasteiger partial charge in [-0.15, -0.1) is 0 Å². The Morgan fingerprint density at radius 1 is 0.978 bits per heavy atom. The quantitative estimate of drug-likeness (QED) is 0.341. The van der Waals surface area contributed by atoms with Crippen molar-refractivity contribution in [2.24, 2.45) is 7.05 Å². The first-order chi connectivity index (χ1) is 21.8. The highest BCUT2D eigenvalue weighted by molar-refractivity contribution is 6.07. The van der Waals surface area contributed by atoms with Crippen molar-refractivity contribution in [2.75, 3.05) is 54.9 Å². The Kier molecular flexibility index (Phi) is 7.62. The molecule has 0 atom stereocenters. The smallest absolute Gasteiger partial charge is 0.293 e. The van der Waals surface area contributed by atoms with Crippen molar-refractivity contribution in [2.45, 2.75) is 38.8 Å². The largest absolute Gasteiger partial charge is 0.392 e. The first kappa shape index (κ1) is 29.2. The molecule has 0 saturated carbocycles. The first-order valence-electron chi connectivity index (χ1n) is 15.5. The number of anilines is 4. The molecule has 12 heteroatoms. The molecule has 0 unspecified atom stereocenters. The molecular weight excluding hydrogens is 575 g/mol. The topological polar surface area (TPSA) is 112 Å². The number of carbonyl (C=O) groups excluding carboxylic acids is 1. The van der Waals surface area contributed by atoms with Crippen LogP contribution in [-0.4, -0.2) is 74.8 Å². The van der Waals surface area contributed by atoms with E-state index in [1.165, 1.54) is 34.2 Å². The summed E-state index contributed by atoms with van der Waals surface area (Å²) in [5.74, 6) is 0.114. The molecule has 7 rings (SSSR count). The number of aliphatic hydroxyl groups is 1. The molecule has 3 aliphatic rings. The molecular formula is C33H37FN8O3. The minimum absolute atomic E-state index is 0.0382. The number of nitrogens with one attached hydrogen (secondary N) is 1. The Morgan fingerprint density at radius 3 is 2.53 bits per heavy atom.